The predicted molar refractivity (Wildman–Crippen MR) is 85.4 cm³/mol. The number of rotatable bonds is 4. The molecule has 0 spiro atoms. The van der Waals surface area contributed by atoms with Crippen LogP contribution in [0.4, 0.5) is 0 Å². The third-order valence-electron chi connectivity index (χ3n) is 3.25. The van der Waals surface area contributed by atoms with Gasteiger partial charge in [0.25, 0.3) is 0 Å². The fourth-order valence-corrected chi connectivity index (χ4v) is 2.40. The van der Waals surface area contributed by atoms with Crippen LogP contribution in [0.1, 0.15) is 11.1 Å². The summed E-state index contributed by atoms with van der Waals surface area (Å²) in [4.78, 5) is 4.55. The van der Waals surface area contributed by atoms with Crippen LogP contribution in [0.3, 0.4) is 0 Å². The maximum absolute atomic E-state index is 5.97. The molecule has 0 fully saturated rings. The van der Waals surface area contributed by atoms with Crippen molar-refractivity contribution in [1.29, 1.82) is 0 Å². The normalized spacial score (nSPS) is 10.8. The molecular formula is C17H15ClN2O. The molecule has 3 nitrogen and oxygen atoms in total. The highest BCUT2D eigenvalue weighted by Crippen LogP contribution is 2.23. The summed E-state index contributed by atoms with van der Waals surface area (Å²) in [6.45, 7) is 0.807. The van der Waals surface area contributed by atoms with Gasteiger partial charge in [-0.25, -0.2) is 4.98 Å². The Kier molecular flexibility index (Phi) is 4.04. The Bertz CT molecular complexity index is 774. The lowest BCUT2D eigenvalue weighted by Crippen LogP contribution is -2.05. The number of nitrogens with two attached hydrogens (primary N) is 1. The summed E-state index contributed by atoms with van der Waals surface area (Å²) >= 11 is 5.97. The molecule has 0 saturated heterocycles. The zero-order valence-electron chi connectivity index (χ0n) is 11.4. The second-order valence-corrected chi connectivity index (χ2v) is 5.20. The maximum Gasteiger partial charge on any atom is 0.218 e. The Morgan fingerprint density at radius 2 is 1.90 bits per heavy atom. The number of hydrogen-bond donors (Lipinski definition) is 1. The highest BCUT2D eigenvalue weighted by Gasteiger charge is 2.07. The fraction of sp³-hybridized carbons (Fsp3) is 0.118. The Morgan fingerprint density at radius 1 is 1.05 bits per heavy atom. The molecule has 0 unspecified atom stereocenters. The van der Waals surface area contributed by atoms with Crippen molar-refractivity contribution in [3.05, 3.63) is 70.7 Å². The molecule has 2 N–H and O–H groups in total. The topological polar surface area (TPSA) is 48.1 Å². The van der Waals surface area contributed by atoms with Crippen molar-refractivity contribution in [2.24, 2.45) is 5.73 Å². The van der Waals surface area contributed by atoms with Crippen LogP contribution < -0.4 is 10.5 Å². The van der Waals surface area contributed by atoms with Crippen LogP contribution in [0, 0.1) is 0 Å². The predicted octanol–water partition coefficient (Wildman–Crippen LogP) is 3.93. The Morgan fingerprint density at radius 3 is 2.71 bits per heavy atom. The molecule has 0 bridgehead atoms. The van der Waals surface area contributed by atoms with E-state index in [1.165, 1.54) is 0 Å². The maximum atomic E-state index is 5.97. The average molecular weight is 299 g/mol. The van der Waals surface area contributed by atoms with Crippen LogP contribution in [0.2, 0.25) is 5.02 Å². The fourth-order valence-electron chi connectivity index (χ4n) is 2.19. The molecule has 3 rings (SSSR count). The van der Waals surface area contributed by atoms with Crippen LogP contribution >= 0.6 is 11.6 Å². The van der Waals surface area contributed by atoms with Crippen molar-refractivity contribution < 1.29 is 4.74 Å². The van der Waals surface area contributed by atoms with E-state index in [1.807, 2.05) is 54.6 Å². The number of benzene rings is 2. The molecule has 0 aliphatic rings. The van der Waals surface area contributed by atoms with Crippen molar-refractivity contribution in [3.63, 3.8) is 0 Å². The first kappa shape index (κ1) is 13.9. The number of aromatic nitrogens is 1. The van der Waals surface area contributed by atoms with E-state index in [2.05, 4.69) is 4.98 Å². The van der Waals surface area contributed by atoms with Gasteiger partial charge in [0, 0.05) is 22.5 Å². The van der Waals surface area contributed by atoms with Crippen molar-refractivity contribution in [3.8, 4) is 5.88 Å². The van der Waals surface area contributed by atoms with Gasteiger partial charge in [-0.2, -0.15) is 0 Å². The first-order chi connectivity index (χ1) is 10.3. The van der Waals surface area contributed by atoms with Crippen molar-refractivity contribution >= 4 is 22.5 Å². The minimum absolute atomic E-state index is 0.392. The van der Waals surface area contributed by atoms with Gasteiger partial charge in [0.1, 0.15) is 6.61 Å². The molecule has 0 amide bonds. The van der Waals surface area contributed by atoms with Crippen molar-refractivity contribution in [2.45, 2.75) is 13.2 Å². The lowest BCUT2D eigenvalue weighted by atomic mass is 10.1. The molecule has 0 atom stereocenters. The zero-order chi connectivity index (χ0) is 14.7. The summed E-state index contributed by atoms with van der Waals surface area (Å²) < 4.78 is 5.83. The zero-order valence-corrected chi connectivity index (χ0v) is 12.2. The van der Waals surface area contributed by atoms with E-state index < -0.39 is 0 Å². The van der Waals surface area contributed by atoms with E-state index in [0.29, 0.717) is 24.1 Å². The van der Waals surface area contributed by atoms with Gasteiger partial charge >= 0.3 is 0 Å². The number of hydrogen-bond acceptors (Lipinski definition) is 3. The van der Waals surface area contributed by atoms with E-state index >= 15 is 0 Å². The Hall–Kier alpha value is -2.10. The molecule has 21 heavy (non-hydrogen) atoms. The summed E-state index contributed by atoms with van der Waals surface area (Å²) in [5.41, 5.74) is 8.59. The molecule has 106 valence electrons. The first-order valence-corrected chi connectivity index (χ1v) is 7.10. The second-order valence-electron chi connectivity index (χ2n) is 4.77. The standard InChI is InChI=1S/C17H15ClN2O/c18-15-6-3-4-12(8-15)11-21-17-14(10-19)9-13-5-1-2-7-16(13)20-17/h1-9H,10-11,19H2. The highest BCUT2D eigenvalue weighted by molar-refractivity contribution is 6.30. The van der Waals surface area contributed by atoms with Gasteiger partial charge in [0.15, 0.2) is 0 Å². The van der Waals surface area contributed by atoms with Gasteiger partial charge in [-0.3, -0.25) is 0 Å². The SMILES string of the molecule is NCc1cc2ccccc2nc1OCc1cccc(Cl)c1. The second kappa shape index (κ2) is 6.12. The van der Waals surface area contributed by atoms with Crippen LogP contribution in [-0.2, 0) is 13.2 Å². The van der Waals surface area contributed by atoms with E-state index in [9.17, 15) is 0 Å². The minimum atomic E-state index is 0.392. The van der Waals surface area contributed by atoms with Crippen LogP contribution in [-0.4, -0.2) is 4.98 Å². The molecule has 4 heteroatoms. The lowest BCUT2D eigenvalue weighted by molar-refractivity contribution is 0.291. The van der Waals surface area contributed by atoms with Crippen molar-refractivity contribution in [2.75, 3.05) is 0 Å². The van der Waals surface area contributed by atoms with Crippen LogP contribution in [0.5, 0.6) is 5.88 Å². The molecule has 2 aromatic carbocycles. The van der Waals surface area contributed by atoms with E-state index in [4.69, 9.17) is 22.1 Å². The number of halogens is 1. The van der Waals surface area contributed by atoms with E-state index in [-0.39, 0.29) is 0 Å². The highest BCUT2D eigenvalue weighted by atomic mass is 35.5. The van der Waals surface area contributed by atoms with Gasteiger partial charge in [0.05, 0.1) is 5.52 Å². The molecule has 0 radical (unpaired) electrons. The minimum Gasteiger partial charge on any atom is -0.473 e. The molecule has 0 saturated carbocycles. The number of para-hydroxylation sites is 1. The third kappa shape index (κ3) is 3.15. The third-order valence-corrected chi connectivity index (χ3v) is 3.48. The monoisotopic (exact) mass is 298 g/mol. The number of pyridine rings is 1. The Balaban J connectivity index is 1.88. The van der Waals surface area contributed by atoms with Gasteiger partial charge in [0.2, 0.25) is 5.88 Å². The molecule has 1 aromatic heterocycles. The molecule has 3 aromatic rings. The number of ether oxygens (including phenoxy) is 1. The van der Waals surface area contributed by atoms with Crippen LogP contribution in [0.25, 0.3) is 10.9 Å². The van der Waals surface area contributed by atoms with Crippen LogP contribution in [0.15, 0.2) is 54.6 Å². The van der Waals surface area contributed by atoms with E-state index in [1.54, 1.807) is 0 Å². The molecule has 0 aliphatic heterocycles. The first-order valence-electron chi connectivity index (χ1n) is 6.72. The van der Waals surface area contributed by atoms with Gasteiger partial charge in [-0.05, 0) is 29.8 Å². The quantitative estimate of drug-likeness (QED) is 0.794. The molecule has 0 aliphatic carbocycles. The Labute approximate surface area is 128 Å². The summed E-state index contributed by atoms with van der Waals surface area (Å²) in [7, 11) is 0. The van der Waals surface area contributed by atoms with Crippen molar-refractivity contribution in [1.82, 2.24) is 4.98 Å². The van der Waals surface area contributed by atoms with Gasteiger partial charge < -0.3 is 10.5 Å². The lowest BCUT2D eigenvalue weighted by Gasteiger charge is -2.11. The average Bonchev–Trinajstić information content (AvgIpc) is 2.52. The summed E-state index contributed by atoms with van der Waals surface area (Å²) in [6, 6.07) is 17.5. The van der Waals surface area contributed by atoms with Gasteiger partial charge in [-0.1, -0.05) is 41.9 Å². The number of fused-ring (bicyclic) bond motifs is 1. The number of nitrogens with zero attached hydrogens (tertiary/aromatic N) is 1. The largest absolute Gasteiger partial charge is 0.473 e. The summed E-state index contributed by atoms with van der Waals surface area (Å²) in [5.74, 6) is 0.580. The smallest absolute Gasteiger partial charge is 0.218 e. The summed E-state index contributed by atoms with van der Waals surface area (Å²) in [6.07, 6.45) is 0. The summed E-state index contributed by atoms with van der Waals surface area (Å²) in [5, 5.41) is 1.76. The molecular weight excluding hydrogens is 284 g/mol. The van der Waals surface area contributed by atoms with E-state index in [0.717, 1.165) is 22.0 Å². The van der Waals surface area contributed by atoms with Gasteiger partial charge in [-0.15, -0.1) is 0 Å². The molecule has 1 heterocycles.